The number of aromatic nitrogens is 3. The predicted molar refractivity (Wildman–Crippen MR) is 121 cm³/mol. The van der Waals surface area contributed by atoms with Crippen molar-refractivity contribution in [3.8, 4) is 5.75 Å². The van der Waals surface area contributed by atoms with E-state index in [2.05, 4.69) is 59.2 Å². The maximum atomic E-state index is 6.32. The lowest BCUT2D eigenvalue weighted by Gasteiger charge is -2.30. The maximum absolute atomic E-state index is 6.32. The van der Waals surface area contributed by atoms with Crippen LogP contribution in [0.4, 0.5) is 0 Å². The number of likely N-dealkylation sites (tertiary alicyclic amines) is 1. The zero-order valence-corrected chi connectivity index (χ0v) is 18.1. The molecule has 0 saturated carbocycles. The smallest absolute Gasteiger partial charge is 0.160 e. The van der Waals surface area contributed by atoms with Crippen molar-refractivity contribution in [2.45, 2.75) is 39.5 Å². The number of fused-ring (bicyclic) bond motifs is 2. The molecular weight excluding hydrogens is 396 g/mol. The standard InChI is InChI=1S/C24H25ClN4O/c1-16(2)29-24-22(23(25)27-29)11-18(13-26-24)15-30-21-7-6-19-10-17(4-5-20(19)12-21)14-28-8-3-9-28/h4-7,10-13,16H,3,8-9,14-15H2,1-2H3. The number of ether oxygens (including phenoxy) is 1. The van der Waals surface area contributed by atoms with Crippen molar-refractivity contribution >= 4 is 33.4 Å². The normalized spacial score (nSPS) is 14.5. The van der Waals surface area contributed by atoms with E-state index in [-0.39, 0.29) is 6.04 Å². The topological polar surface area (TPSA) is 43.2 Å². The van der Waals surface area contributed by atoms with Crippen LogP contribution in [0, 0.1) is 0 Å². The van der Waals surface area contributed by atoms with Crippen molar-refractivity contribution < 1.29 is 4.74 Å². The van der Waals surface area contributed by atoms with E-state index in [0.717, 1.165) is 28.9 Å². The zero-order valence-electron chi connectivity index (χ0n) is 17.3. The van der Waals surface area contributed by atoms with Crippen molar-refractivity contribution in [3.05, 3.63) is 64.9 Å². The van der Waals surface area contributed by atoms with Crippen LogP contribution in [0.3, 0.4) is 0 Å². The second-order valence-electron chi connectivity index (χ2n) is 8.31. The van der Waals surface area contributed by atoms with Crippen molar-refractivity contribution in [3.63, 3.8) is 0 Å². The summed E-state index contributed by atoms with van der Waals surface area (Å²) in [5, 5.41) is 8.17. The molecule has 0 aliphatic carbocycles. The fraction of sp³-hybridized carbons (Fsp3) is 0.333. The summed E-state index contributed by atoms with van der Waals surface area (Å²) in [6.07, 6.45) is 3.16. The Morgan fingerprint density at radius 2 is 1.83 bits per heavy atom. The van der Waals surface area contributed by atoms with Gasteiger partial charge in [-0.3, -0.25) is 4.90 Å². The Kier molecular flexibility index (Phi) is 5.09. The molecule has 0 atom stereocenters. The average molecular weight is 421 g/mol. The highest BCUT2D eigenvalue weighted by molar-refractivity contribution is 6.34. The largest absolute Gasteiger partial charge is 0.489 e. The van der Waals surface area contributed by atoms with E-state index in [4.69, 9.17) is 16.3 Å². The molecule has 30 heavy (non-hydrogen) atoms. The van der Waals surface area contributed by atoms with E-state index >= 15 is 0 Å². The number of pyridine rings is 1. The number of nitrogens with zero attached hydrogens (tertiary/aromatic N) is 4. The Labute approximate surface area is 181 Å². The molecule has 0 N–H and O–H groups in total. The van der Waals surface area contributed by atoms with Crippen LogP contribution in [0.1, 0.15) is 37.4 Å². The monoisotopic (exact) mass is 420 g/mol. The summed E-state index contributed by atoms with van der Waals surface area (Å²) < 4.78 is 7.90. The van der Waals surface area contributed by atoms with Gasteiger partial charge in [-0.1, -0.05) is 29.8 Å². The first-order chi connectivity index (χ1) is 14.6. The predicted octanol–water partition coefficient (Wildman–Crippen LogP) is 5.60. The SMILES string of the molecule is CC(C)n1nc(Cl)c2cc(COc3ccc4cc(CN5CCC5)ccc4c3)cnc21. The second kappa shape index (κ2) is 7.89. The molecule has 154 valence electrons. The molecule has 0 spiro atoms. The third-order valence-electron chi connectivity index (χ3n) is 5.68. The summed E-state index contributed by atoms with van der Waals surface area (Å²) in [7, 11) is 0. The maximum Gasteiger partial charge on any atom is 0.160 e. The summed E-state index contributed by atoms with van der Waals surface area (Å²) in [4.78, 5) is 7.04. The molecule has 4 aromatic rings. The van der Waals surface area contributed by atoms with Crippen LogP contribution in [0.15, 0.2) is 48.7 Å². The lowest BCUT2D eigenvalue weighted by molar-refractivity contribution is 0.172. The molecular formula is C24H25ClN4O. The molecule has 5 nitrogen and oxygen atoms in total. The fourth-order valence-electron chi connectivity index (χ4n) is 3.90. The number of hydrogen-bond acceptors (Lipinski definition) is 4. The van der Waals surface area contributed by atoms with Gasteiger partial charge >= 0.3 is 0 Å². The van der Waals surface area contributed by atoms with Crippen LogP contribution in [-0.2, 0) is 13.2 Å². The first-order valence-corrected chi connectivity index (χ1v) is 10.8. The minimum atomic E-state index is 0.207. The van der Waals surface area contributed by atoms with Gasteiger partial charge in [-0.05, 0) is 74.0 Å². The van der Waals surface area contributed by atoms with Crippen molar-refractivity contribution in [1.29, 1.82) is 0 Å². The van der Waals surface area contributed by atoms with E-state index in [1.807, 2.05) is 23.0 Å². The minimum absolute atomic E-state index is 0.207. The van der Waals surface area contributed by atoms with E-state index in [0.29, 0.717) is 11.8 Å². The van der Waals surface area contributed by atoms with Gasteiger partial charge in [0.25, 0.3) is 0 Å². The number of hydrogen-bond donors (Lipinski definition) is 0. The summed E-state index contributed by atoms with van der Waals surface area (Å²) in [5.74, 6) is 0.849. The van der Waals surface area contributed by atoms with E-state index in [9.17, 15) is 0 Å². The molecule has 0 bridgehead atoms. The summed E-state index contributed by atoms with van der Waals surface area (Å²) in [6.45, 7) is 8.04. The van der Waals surface area contributed by atoms with Crippen molar-refractivity contribution in [1.82, 2.24) is 19.7 Å². The molecule has 2 aromatic carbocycles. The molecule has 6 heteroatoms. The quantitative estimate of drug-likeness (QED) is 0.407. The van der Waals surface area contributed by atoms with E-state index in [1.165, 1.54) is 35.8 Å². The van der Waals surface area contributed by atoms with Gasteiger partial charge < -0.3 is 4.74 Å². The highest BCUT2D eigenvalue weighted by atomic mass is 35.5. The summed E-state index contributed by atoms with van der Waals surface area (Å²) in [6, 6.07) is 15.2. The molecule has 5 rings (SSSR count). The highest BCUT2D eigenvalue weighted by Crippen LogP contribution is 2.27. The summed E-state index contributed by atoms with van der Waals surface area (Å²) in [5.41, 5.74) is 3.14. The van der Waals surface area contributed by atoms with Gasteiger partial charge in [0.05, 0.1) is 5.39 Å². The van der Waals surface area contributed by atoms with Gasteiger partial charge in [-0.2, -0.15) is 5.10 Å². The van der Waals surface area contributed by atoms with Crippen LogP contribution in [-0.4, -0.2) is 32.8 Å². The van der Waals surface area contributed by atoms with Crippen LogP contribution in [0.2, 0.25) is 5.15 Å². The van der Waals surface area contributed by atoms with Crippen LogP contribution >= 0.6 is 11.6 Å². The molecule has 0 amide bonds. The van der Waals surface area contributed by atoms with Gasteiger partial charge in [-0.15, -0.1) is 0 Å². The molecule has 0 radical (unpaired) electrons. The third kappa shape index (κ3) is 3.75. The van der Waals surface area contributed by atoms with E-state index < -0.39 is 0 Å². The Morgan fingerprint density at radius 1 is 1.03 bits per heavy atom. The first kappa shape index (κ1) is 19.3. The summed E-state index contributed by atoms with van der Waals surface area (Å²) >= 11 is 6.32. The number of halogens is 1. The number of rotatable bonds is 6. The first-order valence-electron chi connectivity index (χ1n) is 10.5. The fourth-order valence-corrected chi connectivity index (χ4v) is 4.12. The van der Waals surface area contributed by atoms with Crippen LogP contribution in [0.25, 0.3) is 21.8 Å². The molecule has 3 heterocycles. The van der Waals surface area contributed by atoms with Crippen molar-refractivity contribution in [2.24, 2.45) is 0 Å². The lowest BCUT2D eigenvalue weighted by atomic mass is 10.1. The van der Waals surface area contributed by atoms with E-state index in [1.54, 1.807) is 0 Å². The Balaban J connectivity index is 1.31. The van der Waals surface area contributed by atoms with Crippen molar-refractivity contribution in [2.75, 3.05) is 13.1 Å². The Morgan fingerprint density at radius 3 is 2.60 bits per heavy atom. The van der Waals surface area contributed by atoms with Crippen LogP contribution < -0.4 is 4.74 Å². The number of benzene rings is 2. The van der Waals surface area contributed by atoms with Gasteiger partial charge in [0.15, 0.2) is 10.8 Å². The Bertz CT molecular complexity index is 1210. The lowest BCUT2D eigenvalue weighted by Crippen LogP contribution is -2.36. The molecule has 1 aliphatic rings. The van der Waals surface area contributed by atoms with Gasteiger partial charge in [-0.25, -0.2) is 9.67 Å². The molecule has 1 aliphatic heterocycles. The average Bonchev–Trinajstić information content (AvgIpc) is 3.05. The molecule has 2 aromatic heterocycles. The Hall–Kier alpha value is -2.63. The van der Waals surface area contributed by atoms with Crippen LogP contribution in [0.5, 0.6) is 5.75 Å². The molecule has 1 saturated heterocycles. The molecule has 1 fully saturated rings. The zero-order chi connectivity index (χ0) is 20.7. The molecule has 0 unspecified atom stereocenters. The van der Waals surface area contributed by atoms with Gasteiger partial charge in [0.1, 0.15) is 12.4 Å². The van der Waals surface area contributed by atoms with Gasteiger partial charge in [0, 0.05) is 24.3 Å². The minimum Gasteiger partial charge on any atom is -0.489 e. The second-order valence-corrected chi connectivity index (χ2v) is 8.66. The van der Waals surface area contributed by atoms with Gasteiger partial charge in [0.2, 0.25) is 0 Å². The highest BCUT2D eigenvalue weighted by Gasteiger charge is 2.14. The third-order valence-corrected chi connectivity index (χ3v) is 5.96.